The molecule has 136 valence electrons. The van der Waals surface area contributed by atoms with Gasteiger partial charge in [0.15, 0.2) is 5.96 Å². The van der Waals surface area contributed by atoms with E-state index in [2.05, 4.69) is 34.8 Å². The van der Waals surface area contributed by atoms with Gasteiger partial charge in [0.1, 0.15) is 0 Å². The van der Waals surface area contributed by atoms with E-state index in [1.165, 1.54) is 0 Å². The van der Waals surface area contributed by atoms with Gasteiger partial charge >= 0.3 is 0 Å². The lowest BCUT2D eigenvalue weighted by Crippen LogP contribution is -2.43. The van der Waals surface area contributed by atoms with Gasteiger partial charge in [0, 0.05) is 32.2 Å². The van der Waals surface area contributed by atoms with Crippen molar-refractivity contribution in [2.24, 2.45) is 10.9 Å². The average Bonchev–Trinajstić information content (AvgIpc) is 2.57. The molecule has 0 unspecified atom stereocenters. The number of amides is 1. The van der Waals surface area contributed by atoms with Crippen LogP contribution in [0, 0.1) is 12.8 Å². The number of hydrogen-bond acceptors (Lipinski definition) is 2. The SMILES string of the molecule is CCC(CC)CNC(=NC)NCCNC(=O)c1cccc(C)c1.I. The van der Waals surface area contributed by atoms with E-state index < -0.39 is 0 Å². The van der Waals surface area contributed by atoms with Crippen LogP contribution in [0.2, 0.25) is 0 Å². The lowest BCUT2D eigenvalue weighted by molar-refractivity contribution is 0.0954. The monoisotopic (exact) mass is 446 g/mol. The Morgan fingerprint density at radius 3 is 2.38 bits per heavy atom. The molecule has 0 atom stereocenters. The zero-order valence-electron chi connectivity index (χ0n) is 15.2. The highest BCUT2D eigenvalue weighted by Crippen LogP contribution is 2.05. The van der Waals surface area contributed by atoms with Gasteiger partial charge in [-0.1, -0.05) is 44.4 Å². The molecule has 0 radical (unpaired) electrons. The Bertz CT molecular complexity index is 515. The van der Waals surface area contributed by atoms with Crippen molar-refractivity contribution >= 4 is 35.8 Å². The lowest BCUT2D eigenvalue weighted by Gasteiger charge is -2.16. The van der Waals surface area contributed by atoms with Crippen molar-refractivity contribution in [2.75, 3.05) is 26.7 Å². The van der Waals surface area contributed by atoms with Crippen LogP contribution in [0.4, 0.5) is 0 Å². The predicted molar refractivity (Wildman–Crippen MR) is 112 cm³/mol. The first-order valence-corrected chi connectivity index (χ1v) is 8.40. The third-order valence-electron chi connectivity index (χ3n) is 3.92. The molecule has 6 heteroatoms. The second-order valence-electron chi connectivity index (χ2n) is 5.69. The van der Waals surface area contributed by atoms with Crippen molar-refractivity contribution in [1.82, 2.24) is 16.0 Å². The number of hydrogen-bond donors (Lipinski definition) is 3. The van der Waals surface area contributed by atoms with Crippen LogP contribution in [-0.2, 0) is 0 Å². The molecule has 0 saturated heterocycles. The van der Waals surface area contributed by atoms with Crippen molar-refractivity contribution in [2.45, 2.75) is 33.6 Å². The molecule has 1 aromatic carbocycles. The molecule has 0 aromatic heterocycles. The summed E-state index contributed by atoms with van der Waals surface area (Å²) in [5, 5.41) is 9.45. The molecule has 24 heavy (non-hydrogen) atoms. The van der Waals surface area contributed by atoms with Crippen molar-refractivity contribution < 1.29 is 4.79 Å². The first kappa shape index (κ1) is 22.7. The van der Waals surface area contributed by atoms with Gasteiger partial charge in [-0.15, -0.1) is 24.0 Å². The summed E-state index contributed by atoms with van der Waals surface area (Å²) in [6, 6.07) is 7.59. The van der Waals surface area contributed by atoms with Crippen molar-refractivity contribution in [3.8, 4) is 0 Å². The highest BCUT2D eigenvalue weighted by atomic mass is 127. The molecule has 3 N–H and O–H groups in total. The molecular formula is C18H31IN4O. The molecule has 1 aromatic rings. The van der Waals surface area contributed by atoms with Crippen LogP contribution in [0.3, 0.4) is 0 Å². The number of nitrogens with zero attached hydrogens (tertiary/aromatic N) is 1. The van der Waals surface area contributed by atoms with E-state index in [-0.39, 0.29) is 29.9 Å². The number of aryl methyl sites for hydroxylation is 1. The molecule has 5 nitrogen and oxygen atoms in total. The maximum atomic E-state index is 12.0. The van der Waals surface area contributed by atoms with Crippen LogP contribution in [0.15, 0.2) is 29.3 Å². The normalized spacial score (nSPS) is 11.0. The molecule has 0 spiro atoms. The fraction of sp³-hybridized carbons (Fsp3) is 0.556. The molecule has 0 saturated carbocycles. The van der Waals surface area contributed by atoms with Gasteiger partial charge in [-0.3, -0.25) is 9.79 Å². The Morgan fingerprint density at radius 1 is 1.12 bits per heavy atom. The number of halogens is 1. The number of carbonyl (C=O) groups is 1. The Morgan fingerprint density at radius 2 is 1.79 bits per heavy atom. The largest absolute Gasteiger partial charge is 0.356 e. The molecule has 0 aliphatic heterocycles. The lowest BCUT2D eigenvalue weighted by atomic mass is 10.0. The number of benzene rings is 1. The minimum atomic E-state index is -0.0459. The van der Waals surface area contributed by atoms with Crippen LogP contribution >= 0.6 is 24.0 Å². The van der Waals surface area contributed by atoms with Crippen molar-refractivity contribution in [1.29, 1.82) is 0 Å². The summed E-state index contributed by atoms with van der Waals surface area (Å²) in [5.74, 6) is 1.40. The van der Waals surface area contributed by atoms with Gasteiger partial charge in [0.25, 0.3) is 5.91 Å². The fourth-order valence-corrected chi connectivity index (χ4v) is 2.28. The van der Waals surface area contributed by atoms with E-state index in [9.17, 15) is 4.79 Å². The molecule has 0 aliphatic carbocycles. The van der Waals surface area contributed by atoms with Crippen LogP contribution in [0.1, 0.15) is 42.6 Å². The van der Waals surface area contributed by atoms with Gasteiger partial charge in [-0.2, -0.15) is 0 Å². The summed E-state index contributed by atoms with van der Waals surface area (Å²) in [4.78, 5) is 16.2. The smallest absolute Gasteiger partial charge is 0.251 e. The Balaban J connectivity index is 0.00000529. The maximum absolute atomic E-state index is 12.0. The maximum Gasteiger partial charge on any atom is 0.251 e. The second-order valence-corrected chi connectivity index (χ2v) is 5.69. The number of carbonyl (C=O) groups excluding carboxylic acids is 1. The highest BCUT2D eigenvalue weighted by molar-refractivity contribution is 14.0. The van der Waals surface area contributed by atoms with Crippen molar-refractivity contribution in [3.63, 3.8) is 0 Å². The number of rotatable bonds is 8. The Kier molecular flexibility index (Phi) is 12.3. The summed E-state index contributed by atoms with van der Waals surface area (Å²) in [6.45, 7) is 8.49. The molecular weight excluding hydrogens is 415 g/mol. The molecule has 0 heterocycles. The van der Waals surface area contributed by atoms with E-state index in [1.807, 2.05) is 31.2 Å². The fourth-order valence-electron chi connectivity index (χ4n) is 2.28. The zero-order valence-corrected chi connectivity index (χ0v) is 17.5. The summed E-state index contributed by atoms with van der Waals surface area (Å²) in [6.07, 6.45) is 2.32. The van der Waals surface area contributed by atoms with E-state index in [4.69, 9.17) is 0 Å². The summed E-state index contributed by atoms with van der Waals surface area (Å²) < 4.78 is 0. The third kappa shape index (κ3) is 8.52. The molecule has 0 bridgehead atoms. The zero-order chi connectivity index (χ0) is 17.1. The van der Waals surface area contributed by atoms with E-state index in [0.717, 1.165) is 30.9 Å². The molecule has 1 amide bonds. The molecule has 0 fully saturated rings. The van der Waals surface area contributed by atoms with Gasteiger partial charge in [0.2, 0.25) is 0 Å². The summed E-state index contributed by atoms with van der Waals surface area (Å²) in [7, 11) is 1.76. The van der Waals surface area contributed by atoms with Gasteiger partial charge in [-0.05, 0) is 25.0 Å². The minimum Gasteiger partial charge on any atom is -0.356 e. The topological polar surface area (TPSA) is 65.5 Å². The number of aliphatic imine (C=N–C) groups is 1. The van der Waals surface area contributed by atoms with Crippen LogP contribution in [0.5, 0.6) is 0 Å². The quantitative estimate of drug-likeness (QED) is 0.249. The van der Waals surface area contributed by atoms with Gasteiger partial charge in [0.05, 0.1) is 0 Å². The first-order chi connectivity index (χ1) is 11.1. The third-order valence-corrected chi connectivity index (χ3v) is 3.92. The average molecular weight is 446 g/mol. The summed E-state index contributed by atoms with van der Waals surface area (Å²) >= 11 is 0. The first-order valence-electron chi connectivity index (χ1n) is 8.40. The van der Waals surface area contributed by atoms with Crippen LogP contribution < -0.4 is 16.0 Å². The van der Waals surface area contributed by atoms with E-state index in [0.29, 0.717) is 24.6 Å². The van der Waals surface area contributed by atoms with Crippen LogP contribution in [0.25, 0.3) is 0 Å². The van der Waals surface area contributed by atoms with E-state index >= 15 is 0 Å². The summed E-state index contributed by atoms with van der Waals surface area (Å²) in [5.41, 5.74) is 1.78. The van der Waals surface area contributed by atoms with E-state index in [1.54, 1.807) is 7.05 Å². The van der Waals surface area contributed by atoms with Gasteiger partial charge < -0.3 is 16.0 Å². The predicted octanol–water partition coefficient (Wildman–Crippen LogP) is 2.94. The second kappa shape index (κ2) is 13.0. The van der Waals surface area contributed by atoms with Crippen molar-refractivity contribution in [3.05, 3.63) is 35.4 Å². The molecule has 1 rings (SSSR count). The minimum absolute atomic E-state index is 0. The Hall–Kier alpha value is -1.31. The number of guanidine groups is 1. The molecule has 0 aliphatic rings. The highest BCUT2D eigenvalue weighted by Gasteiger charge is 2.06. The Labute approximate surface area is 163 Å². The standard InChI is InChI=1S/C18H30N4O.HI/c1-5-15(6-2)13-22-18(19-4)21-11-10-20-17(23)16-9-7-8-14(3)12-16;/h7-9,12,15H,5-6,10-11,13H2,1-4H3,(H,20,23)(H2,19,21,22);1H. The van der Waals surface area contributed by atoms with Gasteiger partial charge in [-0.25, -0.2) is 0 Å². The number of nitrogens with one attached hydrogen (secondary N) is 3. The van der Waals surface area contributed by atoms with Crippen LogP contribution in [-0.4, -0.2) is 38.5 Å².